The monoisotopic (exact) mass is 313 g/mol. The highest BCUT2D eigenvalue weighted by Gasteiger charge is 2.23. The van der Waals surface area contributed by atoms with Gasteiger partial charge in [0.05, 0.1) is 5.69 Å². The van der Waals surface area contributed by atoms with Gasteiger partial charge in [0, 0.05) is 11.8 Å². The molecule has 0 bridgehead atoms. The highest BCUT2D eigenvalue weighted by atomic mass is 14.7. The van der Waals surface area contributed by atoms with Gasteiger partial charge in [-0.2, -0.15) is 0 Å². The Kier molecular flexibility index (Phi) is 4.42. The van der Waals surface area contributed by atoms with Crippen LogP contribution < -0.4 is 0 Å². The highest BCUT2D eigenvalue weighted by molar-refractivity contribution is 5.59. The van der Waals surface area contributed by atoms with Gasteiger partial charge < -0.3 is 0 Å². The molecule has 0 radical (unpaired) electrons. The van der Waals surface area contributed by atoms with Gasteiger partial charge in [0.15, 0.2) is 0 Å². The van der Waals surface area contributed by atoms with Gasteiger partial charge in [0.1, 0.15) is 0 Å². The summed E-state index contributed by atoms with van der Waals surface area (Å²) in [5, 5.41) is 0. The van der Waals surface area contributed by atoms with Crippen LogP contribution in [0.4, 0.5) is 0 Å². The first-order valence-electron chi connectivity index (χ1n) is 8.96. The number of hydrogen-bond donors (Lipinski definition) is 0. The Balaban J connectivity index is 1.48. The minimum absolute atomic E-state index is 0.676. The maximum absolute atomic E-state index is 4.57. The van der Waals surface area contributed by atoms with Crippen molar-refractivity contribution in [2.45, 2.75) is 37.5 Å². The van der Waals surface area contributed by atoms with Crippen LogP contribution in [0.3, 0.4) is 0 Å². The summed E-state index contributed by atoms with van der Waals surface area (Å²) >= 11 is 0. The number of aromatic nitrogens is 1. The van der Waals surface area contributed by atoms with Crippen molar-refractivity contribution in [2.75, 3.05) is 0 Å². The Morgan fingerprint density at radius 1 is 0.625 bits per heavy atom. The molecular formula is C23H23N. The van der Waals surface area contributed by atoms with Gasteiger partial charge in [0.2, 0.25) is 0 Å². The lowest BCUT2D eigenvalue weighted by Gasteiger charge is -2.29. The molecule has 3 aromatic rings. The quantitative estimate of drug-likeness (QED) is 0.562. The zero-order valence-corrected chi connectivity index (χ0v) is 13.9. The second-order valence-corrected chi connectivity index (χ2v) is 6.80. The van der Waals surface area contributed by atoms with Gasteiger partial charge in [0.25, 0.3) is 0 Å². The Morgan fingerprint density at radius 3 is 1.88 bits per heavy atom. The molecule has 0 N–H and O–H groups in total. The third-order valence-electron chi connectivity index (χ3n) is 5.32. The summed E-state index contributed by atoms with van der Waals surface area (Å²) in [4.78, 5) is 4.57. The molecule has 24 heavy (non-hydrogen) atoms. The molecule has 0 spiro atoms. The van der Waals surface area contributed by atoms with E-state index in [1.807, 2.05) is 6.20 Å². The lowest BCUT2D eigenvalue weighted by atomic mass is 9.76. The summed E-state index contributed by atoms with van der Waals surface area (Å²) in [5.74, 6) is 1.41. The van der Waals surface area contributed by atoms with Crippen molar-refractivity contribution >= 4 is 0 Å². The minimum Gasteiger partial charge on any atom is -0.256 e. The fourth-order valence-corrected chi connectivity index (χ4v) is 3.95. The van der Waals surface area contributed by atoms with Crippen molar-refractivity contribution < 1.29 is 0 Å². The number of rotatable bonds is 3. The van der Waals surface area contributed by atoms with Gasteiger partial charge in [-0.1, -0.05) is 60.7 Å². The molecule has 1 aliphatic rings. The number of hydrogen-bond acceptors (Lipinski definition) is 1. The molecule has 1 aromatic heterocycles. The summed E-state index contributed by atoms with van der Waals surface area (Å²) in [7, 11) is 0. The summed E-state index contributed by atoms with van der Waals surface area (Å²) < 4.78 is 0. The number of benzene rings is 2. The van der Waals surface area contributed by atoms with E-state index in [1.54, 1.807) is 0 Å². The maximum atomic E-state index is 4.57. The number of pyridine rings is 1. The SMILES string of the molecule is c1ccc(-c2cc(C3CCC(c4ccccc4)CC3)ccn2)cc1. The Labute approximate surface area is 144 Å². The summed E-state index contributed by atoms with van der Waals surface area (Å²) in [6.45, 7) is 0. The second-order valence-electron chi connectivity index (χ2n) is 6.80. The maximum Gasteiger partial charge on any atom is 0.0704 e. The predicted molar refractivity (Wildman–Crippen MR) is 100 cm³/mol. The smallest absolute Gasteiger partial charge is 0.0704 e. The van der Waals surface area contributed by atoms with Crippen LogP contribution in [0.15, 0.2) is 79.0 Å². The molecule has 1 heteroatoms. The Morgan fingerprint density at radius 2 is 1.21 bits per heavy atom. The molecule has 0 saturated heterocycles. The van der Waals surface area contributed by atoms with Gasteiger partial charge in [-0.15, -0.1) is 0 Å². The highest BCUT2D eigenvalue weighted by Crippen LogP contribution is 2.40. The third kappa shape index (κ3) is 3.26. The molecule has 0 aliphatic heterocycles. The van der Waals surface area contributed by atoms with Crippen molar-refractivity contribution in [1.82, 2.24) is 4.98 Å². The fraction of sp³-hybridized carbons (Fsp3) is 0.261. The first kappa shape index (κ1) is 15.1. The molecule has 4 rings (SSSR count). The Hall–Kier alpha value is -2.41. The van der Waals surface area contributed by atoms with E-state index in [2.05, 4.69) is 77.8 Å². The summed E-state index contributed by atoms with van der Waals surface area (Å²) in [6.07, 6.45) is 7.10. The van der Waals surface area contributed by atoms with Crippen LogP contribution in [0.1, 0.15) is 48.6 Å². The summed E-state index contributed by atoms with van der Waals surface area (Å²) in [5.41, 5.74) is 5.27. The van der Waals surface area contributed by atoms with Crippen molar-refractivity contribution in [3.8, 4) is 11.3 Å². The van der Waals surface area contributed by atoms with Gasteiger partial charge >= 0.3 is 0 Å². The molecule has 1 saturated carbocycles. The Bertz CT molecular complexity index is 771. The average Bonchev–Trinajstić information content (AvgIpc) is 2.70. The molecule has 1 aliphatic carbocycles. The molecule has 1 nitrogen and oxygen atoms in total. The molecular weight excluding hydrogens is 290 g/mol. The van der Waals surface area contributed by atoms with Crippen LogP contribution in [0, 0.1) is 0 Å². The van der Waals surface area contributed by atoms with E-state index in [1.165, 1.54) is 42.4 Å². The van der Waals surface area contributed by atoms with E-state index in [-0.39, 0.29) is 0 Å². The minimum atomic E-state index is 0.676. The lowest BCUT2D eigenvalue weighted by molar-refractivity contribution is 0.396. The first-order chi connectivity index (χ1) is 11.9. The van der Waals surface area contributed by atoms with Crippen LogP contribution in [0.5, 0.6) is 0 Å². The van der Waals surface area contributed by atoms with Crippen molar-refractivity contribution in [1.29, 1.82) is 0 Å². The third-order valence-corrected chi connectivity index (χ3v) is 5.32. The molecule has 1 fully saturated rings. The summed E-state index contributed by atoms with van der Waals surface area (Å²) in [6, 6.07) is 26.0. The molecule has 0 unspecified atom stereocenters. The second kappa shape index (κ2) is 7.00. The number of nitrogens with zero attached hydrogens (tertiary/aromatic N) is 1. The van der Waals surface area contributed by atoms with E-state index in [9.17, 15) is 0 Å². The topological polar surface area (TPSA) is 12.9 Å². The van der Waals surface area contributed by atoms with Gasteiger partial charge in [-0.05, 0) is 60.8 Å². The van der Waals surface area contributed by atoms with E-state index >= 15 is 0 Å². The standard InChI is InChI=1S/C23H23N/c1-3-7-18(8-4-1)19-11-13-20(14-12-19)22-15-16-24-23(17-22)21-9-5-2-6-10-21/h1-10,15-17,19-20H,11-14H2. The zero-order valence-electron chi connectivity index (χ0n) is 13.9. The average molecular weight is 313 g/mol. The fourth-order valence-electron chi connectivity index (χ4n) is 3.95. The van der Waals surface area contributed by atoms with Crippen LogP contribution in [0.2, 0.25) is 0 Å². The van der Waals surface area contributed by atoms with Crippen LogP contribution >= 0.6 is 0 Å². The molecule has 1 heterocycles. The van der Waals surface area contributed by atoms with Crippen LogP contribution in [0.25, 0.3) is 11.3 Å². The van der Waals surface area contributed by atoms with Crippen LogP contribution in [-0.4, -0.2) is 4.98 Å². The zero-order chi connectivity index (χ0) is 16.2. The normalized spacial score (nSPS) is 20.7. The van der Waals surface area contributed by atoms with E-state index in [0.717, 1.165) is 11.6 Å². The largest absolute Gasteiger partial charge is 0.256 e. The first-order valence-corrected chi connectivity index (χ1v) is 8.96. The van der Waals surface area contributed by atoms with E-state index in [0.29, 0.717) is 5.92 Å². The van der Waals surface area contributed by atoms with Crippen molar-refractivity contribution in [3.05, 3.63) is 90.1 Å². The molecule has 2 aromatic carbocycles. The van der Waals surface area contributed by atoms with Crippen molar-refractivity contribution in [3.63, 3.8) is 0 Å². The predicted octanol–water partition coefficient (Wildman–Crippen LogP) is 6.19. The van der Waals surface area contributed by atoms with Gasteiger partial charge in [-0.25, -0.2) is 0 Å². The van der Waals surface area contributed by atoms with Crippen molar-refractivity contribution in [2.24, 2.45) is 0 Å². The molecule has 120 valence electrons. The van der Waals surface area contributed by atoms with Crippen LogP contribution in [-0.2, 0) is 0 Å². The van der Waals surface area contributed by atoms with E-state index in [4.69, 9.17) is 0 Å². The van der Waals surface area contributed by atoms with Gasteiger partial charge in [-0.3, -0.25) is 4.98 Å². The lowest BCUT2D eigenvalue weighted by Crippen LogP contribution is -2.12. The molecule has 0 atom stereocenters. The molecule has 0 amide bonds. The van der Waals surface area contributed by atoms with E-state index < -0.39 is 0 Å².